The van der Waals surface area contributed by atoms with Crippen molar-refractivity contribution in [3.8, 4) is 11.1 Å². The predicted octanol–water partition coefficient (Wildman–Crippen LogP) is 4.06. The molecule has 0 radical (unpaired) electrons. The Morgan fingerprint density at radius 2 is 1.81 bits per heavy atom. The van der Waals surface area contributed by atoms with Crippen LogP contribution in [0, 0.1) is 0 Å². The molecule has 26 heavy (non-hydrogen) atoms. The highest BCUT2D eigenvalue weighted by atomic mass is 35.5. The van der Waals surface area contributed by atoms with E-state index in [1.54, 1.807) is 18.5 Å². The van der Waals surface area contributed by atoms with Crippen LogP contribution in [0.1, 0.15) is 10.4 Å². The monoisotopic (exact) mass is 386 g/mol. The summed E-state index contributed by atoms with van der Waals surface area (Å²) in [4.78, 5) is 16.6. The van der Waals surface area contributed by atoms with Crippen LogP contribution >= 0.6 is 11.6 Å². The van der Waals surface area contributed by atoms with Gasteiger partial charge < -0.3 is 5.32 Å². The van der Waals surface area contributed by atoms with E-state index in [1.165, 1.54) is 18.2 Å². The third-order valence-corrected chi connectivity index (χ3v) is 5.15. The average Bonchev–Trinajstić information content (AvgIpc) is 2.61. The first-order valence-corrected chi connectivity index (χ1v) is 9.93. The fraction of sp³-hybridized carbons (Fsp3) is 0.0526. The summed E-state index contributed by atoms with van der Waals surface area (Å²) in [5.74, 6) is -0.418. The number of benzene rings is 2. The molecule has 7 heteroatoms. The smallest absolute Gasteiger partial charge is 0.257 e. The van der Waals surface area contributed by atoms with Gasteiger partial charge in [-0.05, 0) is 42.0 Å². The highest BCUT2D eigenvalue weighted by Crippen LogP contribution is 2.24. The van der Waals surface area contributed by atoms with Gasteiger partial charge in [-0.15, -0.1) is 0 Å². The number of carbonyl (C=O) groups excluding carboxylic acids is 1. The molecular weight excluding hydrogens is 372 g/mol. The zero-order chi connectivity index (χ0) is 18.7. The lowest BCUT2D eigenvalue weighted by molar-refractivity contribution is 0.102. The Morgan fingerprint density at radius 1 is 1.04 bits per heavy atom. The van der Waals surface area contributed by atoms with E-state index in [-0.39, 0.29) is 15.5 Å². The molecule has 0 saturated heterocycles. The number of sulfone groups is 1. The second kappa shape index (κ2) is 7.27. The zero-order valence-electron chi connectivity index (χ0n) is 13.8. The van der Waals surface area contributed by atoms with Gasteiger partial charge in [0.25, 0.3) is 5.91 Å². The second-order valence-corrected chi connectivity index (χ2v) is 8.11. The summed E-state index contributed by atoms with van der Waals surface area (Å²) in [6, 6.07) is 15.1. The first kappa shape index (κ1) is 18.1. The van der Waals surface area contributed by atoms with Crippen LogP contribution in [0.5, 0.6) is 0 Å². The molecule has 5 nitrogen and oxygen atoms in total. The molecule has 3 aromatic rings. The SMILES string of the molecule is CS(=O)(=O)c1ccc(C(=O)Nc2cccc(-c3cccnc3)c2)c(Cl)c1. The van der Waals surface area contributed by atoms with Crippen LogP contribution in [0.3, 0.4) is 0 Å². The summed E-state index contributed by atoms with van der Waals surface area (Å²) in [6.07, 6.45) is 4.52. The largest absolute Gasteiger partial charge is 0.322 e. The molecule has 0 saturated carbocycles. The molecule has 0 spiro atoms. The molecule has 132 valence electrons. The number of aromatic nitrogens is 1. The minimum atomic E-state index is -3.38. The van der Waals surface area contributed by atoms with Crippen molar-refractivity contribution in [2.45, 2.75) is 4.90 Å². The molecule has 2 aromatic carbocycles. The Balaban J connectivity index is 1.85. The molecule has 3 rings (SSSR count). The Labute approximate surface area is 156 Å². The maximum absolute atomic E-state index is 12.5. The third-order valence-electron chi connectivity index (χ3n) is 3.73. The van der Waals surface area contributed by atoms with Crippen molar-refractivity contribution in [2.75, 3.05) is 11.6 Å². The Kier molecular flexibility index (Phi) is 5.06. The Morgan fingerprint density at radius 3 is 2.46 bits per heavy atom. The lowest BCUT2D eigenvalue weighted by atomic mass is 10.1. The van der Waals surface area contributed by atoms with Gasteiger partial charge in [-0.2, -0.15) is 0 Å². The molecule has 0 bridgehead atoms. The van der Waals surface area contributed by atoms with Gasteiger partial charge in [-0.25, -0.2) is 8.42 Å². The summed E-state index contributed by atoms with van der Waals surface area (Å²) >= 11 is 6.09. The van der Waals surface area contributed by atoms with Gasteiger partial charge in [0.05, 0.1) is 15.5 Å². The average molecular weight is 387 g/mol. The van der Waals surface area contributed by atoms with E-state index in [9.17, 15) is 13.2 Å². The van der Waals surface area contributed by atoms with E-state index in [1.807, 2.05) is 30.3 Å². The number of pyridine rings is 1. The van der Waals surface area contributed by atoms with Crippen LogP contribution < -0.4 is 5.32 Å². The Hall–Kier alpha value is -2.70. The number of nitrogens with zero attached hydrogens (tertiary/aromatic N) is 1. The van der Waals surface area contributed by atoms with Gasteiger partial charge in [0.2, 0.25) is 0 Å². The number of hydrogen-bond acceptors (Lipinski definition) is 4. The van der Waals surface area contributed by atoms with Crippen molar-refractivity contribution < 1.29 is 13.2 Å². The topological polar surface area (TPSA) is 76.1 Å². The Bertz CT molecular complexity index is 1070. The maximum atomic E-state index is 12.5. The molecular formula is C19H15ClN2O3S. The standard InChI is InChI=1S/C19H15ClN2O3S/c1-26(24,25)16-7-8-17(18(20)11-16)19(23)22-15-6-2-4-13(10-15)14-5-3-9-21-12-14/h2-12H,1H3,(H,22,23). The molecule has 0 aliphatic rings. The lowest BCUT2D eigenvalue weighted by Gasteiger charge is -2.09. The number of nitrogens with one attached hydrogen (secondary N) is 1. The van der Waals surface area contributed by atoms with Crippen molar-refractivity contribution in [2.24, 2.45) is 0 Å². The molecule has 1 aromatic heterocycles. The van der Waals surface area contributed by atoms with Crippen LogP contribution in [-0.4, -0.2) is 25.6 Å². The number of anilines is 1. The molecule has 1 heterocycles. The number of hydrogen-bond donors (Lipinski definition) is 1. The first-order valence-electron chi connectivity index (χ1n) is 7.66. The van der Waals surface area contributed by atoms with E-state index in [0.717, 1.165) is 17.4 Å². The van der Waals surface area contributed by atoms with E-state index in [2.05, 4.69) is 10.3 Å². The van der Waals surface area contributed by atoms with Gasteiger partial charge in [0.15, 0.2) is 9.84 Å². The summed E-state index contributed by atoms with van der Waals surface area (Å²) in [5, 5.41) is 2.85. The van der Waals surface area contributed by atoms with Gasteiger partial charge in [-0.3, -0.25) is 9.78 Å². The van der Waals surface area contributed by atoms with Crippen molar-refractivity contribution in [1.82, 2.24) is 4.98 Å². The van der Waals surface area contributed by atoms with Gasteiger partial charge >= 0.3 is 0 Å². The van der Waals surface area contributed by atoms with E-state index in [0.29, 0.717) is 5.69 Å². The number of carbonyl (C=O) groups is 1. The minimum absolute atomic E-state index is 0.0672. The third kappa shape index (κ3) is 4.09. The van der Waals surface area contributed by atoms with Crippen LogP contribution in [-0.2, 0) is 9.84 Å². The van der Waals surface area contributed by atoms with Crippen LogP contribution in [0.15, 0.2) is 71.9 Å². The highest BCUT2D eigenvalue weighted by molar-refractivity contribution is 7.90. The zero-order valence-corrected chi connectivity index (χ0v) is 15.4. The fourth-order valence-electron chi connectivity index (χ4n) is 2.42. The lowest BCUT2D eigenvalue weighted by Crippen LogP contribution is -2.13. The summed E-state index contributed by atoms with van der Waals surface area (Å²) < 4.78 is 23.1. The van der Waals surface area contributed by atoms with Crippen LogP contribution in [0.2, 0.25) is 5.02 Å². The second-order valence-electron chi connectivity index (χ2n) is 5.69. The van der Waals surface area contributed by atoms with Crippen molar-refractivity contribution in [3.05, 3.63) is 77.6 Å². The molecule has 1 N–H and O–H groups in total. The maximum Gasteiger partial charge on any atom is 0.257 e. The molecule has 0 unspecified atom stereocenters. The van der Waals surface area contributed by atoms with Crippen molar-refractivity contribution in [3.63, 3.8) is 0 Å². The molecule has 0 aliphatic heterocycles. The summed E-state index contributed by atoms with van der Waals surface area (Å²) in [5.41, 5.74) is 2.64. The predicted molar refractivity (Wildman–Crippen MR) is 102 cm³/mol. The summed E-state index contributed by atoms with van der Waals surface area (Å²) in [7, 11) is -3.38. The normalized spacial score (nSPS) is 11.2. The van der Waals surface area contributed by atoms with E-state index >= 15 is 0 Å². The molecule has 0 aliphatic carbocycles. The molecule has 1 amide bonds. The quantitative estimate of drug-likeness (QED) is 0.733. The van der Waals surface area contributed by atoms with Crippen LogP contribution in [0.4, 0.5) is 5.69 Å². The number of halogens is 1. The fourth-order valence-corrected chi connectivity index (χ4v) is 3.40. The van der Waals surface area contributed by atoms with Crippen molar-refractivity contribution >= 4 is 33.0 Å². The van der Waals surface area contributed by atoms with Crippen LogP contribution in [0.25, 0.3) is 11.1 Å². The molecule has 0 fully saturated rings. The van der Waals surface area contributed by atoms with Gasteiger partial charge in [0.1, 0.15) is 0 Å². The molecule has 0 atom stereocenters. The number of rotatable bonds is 4. The van der Waals surface area contributed by atoms with Crippen molar-refractivity contribution in [1.29, 1.82) is 0 Å². The highest BCUT2D eigenvalue weighted by Gasteiger charge is 2.15. The van der Waals surface area contributed by atoms with E-state index < -0.39 is 15.7 Å². The first-order chi connectivity index (χ1) is 12.3. The van der Waals surface area contributed by atoms with Gasteiger partial charge in [0, 0.05) is 29.9 Å². The summed E-state index contributed by atoms with van der Waals surface area (Å²) in [6.45, 7) is 0. The van der Waals surface area contributed by atoms with Gasteiger partial charge in [-0.1, -0.05) is 29.8 Å². The van der Waals surface area contributed by atoms with E-state index in [4.69, 9.17) is 11.6 Å². The minimum Gasteiger partial charge on any atom is -0.322 e. The number of amides is 1.